The van der Waals surface area contributed by atoms with Gasteiger partial charge in [0.05, 0.1) is 6.10 Å². The Labute approximate surface area is 205 Å². The highest BCUT2D eigenvalue weighted by atomic mass is 19.4. The molecule has 0 spiro atoms. The van der Waals surface area contributed by atoms with Crippen LogP contribution in [-0.4, -0.2) is 60.8 Å². The molecule has 2 N–H and O–H groups in total. The number of carbonyl (C=O) groups is 2. The molecule has 1 aliphatic heterocycles. The molecule has 1 aromatic carbocycles. The van der Waals surface area contributed by atoms with Crippen LogP contribution >= 0.6 is 0 Å². The Kier molecular flexibility index (Phi) is 7.07. The highest BCUT2D eigenvalue weighted by molar-refractivity contribution is 6.05. The maximum absolute atomic E-state index is 13.5. The first-order valence-corrected chi connectivity index (χ1v) is 11.3. The van der Waals surface area contributed by atoms with Gasteiger partial charge in [0.1, 0.15) is 23.5 Å². The molecule has 2 atom stereocenters. The minimum Gasteiger partial charge on any atom is -0.391 e. The van der Waals surface area contributed by atoms with E-state index in [-0.39, 0.29) is 24.6 Å². The van der Waals surface area contributed by atoms with Gasteiger partial charge in [-0.1, -0.05) is 19.1 Å². The van der Waals surface area contributed by atoms with Crippen LogP contribution in [0.4, 0.5) is 18.9 Å². The fraction of sp³-hybridized carbons (Fsp3) is 0.375. The number of rotatable bonds is 6. The Morgan fingerprint density at radius 3 is 2.67 bits per heavy atom. The summed E-state index contributed by atoms with van der Waals surface area (Å²) in [4.78, 5) is 30.4. The van der Waals surface area contributed by atoms with Crippen molar-refractivity contribution in [2.45, 2.75) is 38.0 Å². The van der Waals surface area contributed by atoms with Crippen molar-refractivity contribution in [2.75, 3.05) is 18.4 Å². The number of likely N-dealkylation sites (tertiary alicyclic amines) is 1. The number of nitrogens with zero attached hydrogens (tertiary/aromatic N) is 5. The molecule has 0 unspecified atom stereocenters. The van der Waals surface area contributed by atoms with Crippen molar-refractivity contribution in [3.63, 3.8) is 0 Å². The van der Waals surface area contributed by atoms with E-state index in [1.807, 2.05) is 24.6 Å². The fourth-order valence-electron chi connectivity index (χ4n) is 4.03. The molecule has 9 nitrogen and oxygen atoms in total. The maximum Gasteiger partial charge on any atom is 0.433 e. The highest BCUT2D eigenvalue weighted by Crippen LogP contribution is 2.30. The number of hydrogen-bond donors (Lipinski definition) is 2. The number of nitrogens with one attached hydrogen (secondary N) is 1. The lowest BCUT2D eigenvalue weighted by Crippen LogP contribution is -2.30. The number of pyridine rings is 1. The number of amides is 2. The van der Waals surface area contributed by atoms with Crippen LogP contribution in [0.5, 0.6) is 0 Å². The van der Waals surface area contributed by atoms with Gasteiger partial charge in [-0.25, -0.2) is 4.98 Å². The SMILES string of the molecule is C[C@@H](Cc1nncn1C)c1cccc(NC(=O)c2cc(C(=O)N3CC[C@H](O)C3)cc(C(F)(F)F)n2)c1. The van der Waals surface area contributed by atoms with E-state index in [9.17, 15) is 27.9 Å². The van der Waals surface area contributed by atoms with Gasteiger partial charge in [0.15, 0.2) is 0 Å². The van der Waals surface area contributed by atoms with E-state index in [0.29, 0.717) is 24.6 Å². The van der Waals surface area contributed by atoms with Crippen molar-refractivity contribution >= 4 is 17.5 Å². The molecule has 36 heavy (non-hydrogen) atoms. The van der Waals surface area contributed by atoms with E-state index >= 15 is 0 Å². The molecule has 1 aliphatic rings. The molecule has 4 rings (SSSR count). The van der Waals surface area contributed by atoms with Gasteiger partial charge in [-0.3, -0.25) is 9.59 Å². The minimum atomic E-state index is -4.86. The zero-order valence-corrected chi connectivity index (χ0v) is 19.7. The summed E-state index contributed by atoms with van der Waals surface area (Å²) in [6.07, 6.45) is -3.05. The van der Waals surface area contributed by atoms with E-state index in [1.54, 1.807) is 24.5 Å². The molecule has 190 valence electrons. The van der Waals surface area contributed by atoms with E-state index in [4.69, 9.17) is 0 Å². The van der Waals surface area contributed by atoms with E-state index in [0.717, 1.165) is 17.5 Å². The third-order valence-corrected chi connectivity index (χ3v) is 6.05. The van der Waals surface area contributed by atoms with Crippen molar-refractivity contribution in [2.24, 2.45) is 7.05 Å². The predicted octanol–water partition coefficient (Wildman–Crippen LogP) is 3.03. The molecule has 1 saturated heterocycles. The smallest absolute Gasteiger partial charge is 0.391 e. The first-order chi connectivity index (χ1) is 17.0. The van der Waals surface area contributed by atoms with Gasteiger partial charge in [0, 0.05) is 37.8 Å². The molecule has 0 aliphatic carbocycles. The number of aliphatic hydroxyl groups is 1. The predicted molar refractivity (Wildman–Crippen MR) is 123 cm³/mol. The molecule has 0 bridgehead atoms. The van der Waals surface area contributed by atoms with Crippen LogP contribution in [0, 0.1) is 0 Å². The van der Waals surface area contributed by atoms with Crippen LogP contribution in [0.1, 0.15) is 57.2 Å². The number of aryl methyl sites for hydroxylation is 1. The number of alkyl halides is 3. The molecule has 3 heterocycles. The normalized spacial score (nSPS) is 16.7. The zero-order valence-electron chi connectivity index (χ0n) is 19.7. The average molecular weight is 502 g/mol. The summed E-state index contributed by atoms with van der Waals surface area (Å²) in [6.45, 7) is 2.21. The van der Waals surface area contributed by atoms with Gasteiger partial charge in [-0.2, -0.15) is 13.2 Å². The Hall–Kier alpha value is -3.80. The van der Waals surface area contributed by atoms with Crippen molar-refractivity contribution in [1.29, 1.82) is 0 Å². The fourth-order valence-corrected chi connectivity index (χ4v) is 4.03. The Balaban J connectivity index is 1.56. The molecule has 2 aromatic heterocycles. The first-order valence-electron chi connectivity index (χ1n) is 11.3. The van der Waals surface area contributed by atoms with Crippen molar-refractivity contribution in [3.05, 3.63) is 71.1 Å². The van der Waals surface area contributed by atoms with Crippen molar-refractivity contribution < 1.29 is 27.9 Å². The number of carbonyl (C=O) groups excluding carboxylic acids is 2. The molecule has 1 fully saturated rings. The average Bonchev–Trinajstić information content (AvgIpc) is 3.45. The molecule has 3 aromatic rings. The third-order valence-electron chi connectivity index (χ3n) is 6.05. The lowest BCUT2D eigenvalue weighted by Gasteiger charge is -2.17. The lowest BCUT2D eigenvalue weighted by molar-refractivity contribution is -0.141. The second-order valence-corrected chi connectivity index (χ2v) is 8.86. The van der Waals surface area contributed by atoms with E-state index in [1.165, 1.54) is 4.90 Å². The van der Waals surface area contributed by atoms with Crippen LogP contribution < -0.4 is 5.32 Å². The molecule has 0 saturated carbocycles. The van der Waals surface area contributed by atoms with Gasteiger partial charge in [-0.15, -0.1) is 10.2 Å². The lowest BCUT2D eigenvalue weighted by atomic mass is 9.97. The summed E-state index contributed by atoms with van der Waals surface area (Å²) in [5.74, 6) is -0.771. The largest absolute Gasteiger partial charge is 0.433 e. The zero-order chi connectivity index (χ0) is 26.0. The van der Waals surface area contributed by atoms with Gasteiger partial charge >= 0.3 is 6.18 Å². The molecule has 12 heteroatoms. The van der Waals surface area contributed by atoms with Crippen LogP contribution in [0.3, 0.4) is 0 Å². The standard InChI is InChI=1S/C24H25F3N6O3/c1-14(8-21-31-28-13-32(21)2)15-4-3-5-17(9-15)29-22(35)19-10-16(11-20(30-19)24(25,26)27)23(36)33-7-6-18(34)12-33/h3-5,9-11,13-14,18,34H,6-8,12H2,1-2H3,(H,29,35)/t14-,18-/m0/s1. The summed E-state index contributed by atoms with van der Waals surface area (Å²) >= 11 is 0. The Bertz CT molecular complexity index is 1280. The van der Waals surface area contributed by atoms with Crippen LogP contribution in [0.2, 0.25) is 0 Å². The van der Waals surface area contributed by atoms with Crippen LogP contribution in [0.15, 0.2) is 42.7 Å². The second-order valence-electron chi connectivity index (χ2n) is 8.86. The second kappa shape index (κ2) is 10.1. The number of aliphatic hydroxyl groups excluding tert-OH is 1. The summed E-state index contributed by atoms with van der Waals surface area (Å²) < 4.78 is 42.3. The number of hydrogen-bond acceptors (Lipinski definition) is 6. The van der Waals surface area contributed by atoms with Gasteiger partial charge in [0.25, 0.3) is 11.8 Å². The highest BCUT2D eigenvalue weighted by Gasteiger charge is 2.35. The van der Waals surface area contributed by atoms with Gasteiger partial charge in [0.2, 0.25) is 0 Å². The summed E-state index contributed by atoms with van der Waals surface area (Å²) in [5, 5.41) is 20.2. The minimum absolute atomic E-state index is 0.0172. The number of halogens is 3. The Morgan fingerprint density at radius 2 is 2.03 bits per heavy atom. The topological polar surface area (TPSA) is 113 Å². The summed E-state index contributed by atoms with van der Waals surface area (Å²) in [5.41, 5.74) is -0.939. The monoisotopic (exact) mass is 502 g/mol. The number of benzene rings is 1. The molecular weight excluding hydrogens is 477 g/mol. The van der Waals surface area contributed by atoms with Gasteiger partial charge < -0.3 is 19.9 Å². The number of anilines is 1. The maximum atomic E-state index is 13.5. The molecular formula is C24H25F3N6O3. The quantitative estimate of drug-likeness (QED) is 0.536. The summed E-state index contributed by atoms with van der Waals surface area (Å²) in [6, 6.07) is 8.61. The third kappa shape index (κ3) is 5.70. The summed E-state index contributed by atoms with van der Waals surface area (Å²) in [7, 11) is 1.84. The number of β-amino-alcohol motifs (C(OH)–C–C–N with tert-alkyl or cyclic N) is 1. The van der Waals surface area contributed by atoms with Crippen LogP contribution in [-0.2, 0) is 19.6 Å². The van der Waals surface area contributed by atoms with Crippen molar-refractivity contribution in [1.82, 2.24) is 24.6 Å². The first kappa shape index (κ1) is 25.3. The van der Waals surface area contributed by atoms with Gasteiger partial charge in [-0.05, 0) is 42.2 Å². The van der Waals surface area contributed by atoms with Crippen molar-refractivity contribution in [3.8, 4) is 0 Å². The van der Waals surface area contributed by atoms with Crippen LogP contribution in [0.25, 0.3) is 0 Å². The molecule has 0 radical (unpaired) electrons. The number of aromatic nitrogens is 4. The molecule has 2 amide bonds. The van der Waals surface area contributed by atoms with E-state index in [2.05, 4.69) is 20.5 Å². The van der Waals surface area contributed by atoms with E-state index < -0.39 is 35.5 Å². The Morgan fingerprint density at radius 1 is 1.25 bits per heavy atom.